The summed E-state index contributed by atoms with van der Waals surface area (Å²) in [6.45, 7) is 7.69. The van der Waals surface area contributed by atoms with Crippen LogP contribution >= 0.6 is 0 Å². The normalized spacial score (nSPS) is 10.9. The average Bonchev–Trinajstić information content (AvgIpc) is 2.48. The van der Waals surface area contributed by atoms with Crippen molar-refractivity contribution in [2.75, 3.05) is 0 Å². The van der Waals surface area contributed by atoms with E-state index in [1.165, 1.54) is 0 Å². The first-order valence-electron chi connectivity index (χ1n) is 5.07. The zero-order valence-corrected chi connectivity index (χ0v) is 9.26. The van der Waals surface area contributed by atoms with Gasteiger partial charge < -0.3 is 4.52 Å². The number of hydrogen-bond donors (Lipinski definition) is 0. The molecule has 1 heterocycles. The highest BCUT2D eigenvalue weighted by Gasteiger charge is 2.20. The van der Waals surface area contributed by atoms with Gasteiger partial charge in [0.2, 0.25) is 0 Å². The lowest BCUT2D eigenvalue weighted by Gasteiger charge is -2.02. The maximum atomic E-state index is 11.7. The fourth-order valence-corrected chi connectivity index (χ4v) is 1.40. The third kappa shape index (κ3) is 2.03. The van der Waals surface area contributed by atoms with Gasteiger partial charge in [-0.25, -0.2) is 0 Å². The molecular formula is C11H17NO2. The number of hydrogen-bond acceptors (Lipinski definition) is 3. The molecule has 14 heavy (non-hydrogen) atoms. The van der Waals surface area contributed by atoms with E-state index in [1.807, 2.05) is 20.8 Å². The maximum absolute atomic E-state index is 11.7. The lowest BCUT2D eigenvalue weighted by molar-refractivity contribution is 0.0929. The molecule has 0 radical (unpaired) electrons. The summed E-state index contributed by atoms with van der Waals surface area (Å²) in [5, 5.41) is 3.83. The van der Waals surface area contributed by atoms with Crippen LogP contribution in [0.5, 0.6) is 0 Å². The first-order valence-corrected chi connectivity index (χ1v) is 5.07. The average molecular weight is 195 g/mol. The summed E-state index contributed by atoms with van der Waals surface area (Å²) in [6, 6.07) is 0. The summed E-state index contributed by atoms with van der Waals surface area (Å²) in [7, 11) is 0. The van der Waals surface area contributed by atoms with Crippen molar-refractivity contribution in [1.29, 1.82) is 0 Å². The van der Waals surface area contributed by atoms with Crippen LogP contribution in [-0.2, 0) is 6.42 Å². The zero-order chi connectivity index (χ0) is 10.7. The Balaban J connectivity index is 3.02. The topological polar surface area (TPSA) is 43.1 Å². The molecule has 3 heteroatoms. The first-order chi connectivity index (χ1) is 6.57. The molecule has 1 aromatic rings. The zero-order valence-electron chi connectivity index (χ0n) is 9.26. The van der Waals surface area contributed by atoms with Crippen LogP contribution in [0.1, 0.15) is 49.0 Å². The number of aryl methyl sites for hydroxylation is 1. The summed E-state index contributed by atoms with van der Waals surface area (Å²) < 4.78 is 5.05. The second-order valence-corrected chi connectivity index (χ2v) is 3.83. The summed E-state index contributed by atoms with van der Waals surface area (Å²) in [4.78, 5) is 11.7. The molecule has 0 aliphatic rings. The molecule has 0 aliphatic carbocycles. The Bertz CT molecular complexity index is 326. The predicted octanol–water partition coefficient (Wildman–Crippen LogP) is 2.77. The van der Waals surface area contributed by atoms with Crippen molar-refractivity contribution in [3.63, 3.8) is 0 Å². The Hall–Kier alpha value is -1.12. The van der Waals surface area contributed by atoms with Crippen molar-refractivity contribution in [2.45, 2.75) is 40.5 Å². The number of rotatable bonds is 4. The number of aromatic nitrogens is 1. The Kier molecular flexibility index (Phi) is 3.44. The summed E-state index contributed by atoms with van der Waals surface area (Å²) in [5.41, 5.74) is 1.51. The Labute approximate surface area is 84.5 Å². The molecular weight excluding hydrogens is 178 g/mol. The van der Waals surface area contributed by atoms with E-state index in [1.54, 1.807) is 0 Å². The van der Waals surface area contributed by atoms with Crippen LogP contribution < -0.4 is 0 Å². The van der Waals surface area contributed by atoms with E-state index >= 15 is 0 Å². The lowest BCUT2D eigenvalue weighted by atomic mass is 10.00. The fourth-order valence-electron chi connectivity index (χ4n) is 1.40. The van der Waals surface area contributed by atoms with E-state index < -0.39 is 0 Å². The first kappa shape index (κ1) is 11.0. The van der Waals surface area contributed by atoms with Crippen molar-refractivity contribution in [2.24, 2.45) is 5.92 Å². The Morgan fingerprint density at radius 1 is 1.50 bits per heavy atom. The van der Waals surface area contributed by atoms with Crippen molar-refractivity contribution >= 4 is 5.78 Å². The molecule has 0 saturated carbocycles. The number of nitrogens with zero attached hydrogens (tertiary/aromatic N) is 1. The molecule has 78 valence electrons. The molecule has 0 aliphatic heterocycles. The minimum atomic E-state index is -0.0184. The third-order valence-electron chi connectivity index (χ3n) is 2.24. The third-order valence-corrected chi connectivity index (χ3v) is 2.24. The van der Waals surface area contributed by atoms with Crippen molar-refractivity contribution in [1.82, 2.24) is 5.16 Å². The second kappa shape index (κ2) is 4.40. The van der Waals surface area contributed by atoms with Gasteiger partial charge in [-0.15, -0.1) is 0 Å². The largest absolute Gasteiger partial charge is 0.361 e. The van der Waals surface area contributed by atoms with Crippen LogP contribution in [0.3, 0.4) is 0 Å². The van der Waals surface area contributed by atoms with Gasteiger partial charge in [0.05, 0.1) is 0 Å². The molecule has 1 aromatic heterocycles. The highest BCUT2D eigenvalue weighted by atomic mass is 16.5. The van der Waals surface area contributed by atoms with Crippen LogP contribution in [0, 0.1) is 12.8 Å². The van der Waals surface area contributed by atoms with Crippen LogP contribution in [0.15, 0.2) is 4.52 Å². The van der Waals surface area contributed by atoms with Gasteiger partial charge in [-0.1, -0.05) is 32.3 Å². The Morgan fingerprint density at radius 2 is 2.14 bits per heavy atom. The van der Waals surface area contributed by atoms with Crippen LogP contribution in [-0.4, -0.2) is 10.9 Å². The van der Waals surface area contributed by atoms with Crippen molar-refractivity contribution in [3.8, 4) is 0 Å². The van der Waals surface area contributed by atoms with E-state index in [0.29, 0.717) is 5.69 Å². The lowest BCUT2D eigenvalue weighted by Crippen LogP contribution is -2.10. The minimum Gasteiger partial charge on any atom is -0.361 e. The molecule has 0 atom stereocenters. The summed E-state index contributed by atoms with van der Waals surface area (Å²) in [5.74, 6) is 0.830. The van der Waals surface area contributed by atoms with Gasteiger partial charge in [0.15, 0.2) is 11.5 Å². The van der Waals surface area contributed by atoms with Crippen LogP contribution in [0.2, 0.25) is 0 Å². The van der Waals surface area contributed by atoms with E-state index in [0.717, 1.165) is 24.2 Å². The molecule has 0 spiro atoms. The SMILES string of the molecule is CCCc1c(C(=O)C(C)C)noc1C. The van der Waals surface area contributed by atoms with Gasteiger partial charge in [-0.3, -0.25) is 4.79 Å². The molecule has 3 nitrogen and oxygen atoms in total. The molecule has 0 amide bonds. The number of Topliss-reactive ketones (excluding diaryl/α,β-unsaturated/α-hetero) is 1. The van der Waals surface area contributed by atoms with Gasteiger partial charge in [0.25, 0.3) is 0 Å². The van der Waals surface area contributed by atoms with E-state index in [4.69, 9.17) is 4.52 Å². The summed E-state index contributed by atoms with van der Waals surface area (Å²) >= 11 is 0. The van der Waals surface area contributed by atoms with E-state index in [9.17, 15) is 4.79 Å². The monoisotopic (exact) mass is 195 g/mol. The van der Waals surface area contributed by atoms with E-state index in [2.05, 4.69) is 12.1 Å². The molecule has 0 fully saturated rings. The smallest absolute Gasteiger partial charge is 0.187 e. The van der Waals surface area contributed by atoms with Crippen LogP contribution in [0.25, 0.3) is 0 Å². The molecule has 0 unspecified atom stereocenters. The van der Waals surface area contributed by atoms with E-state index in [-0.39, 0.29) is 11.7 Å². The molecule has 0 saturated heterocycles. The molecule has 1 rings (SSSR count). The van der Waals surface area contributed by atoms with Gasteiger partial charge in [-0.2, -0.15) is 0 Å². The molecule has 0 N–H and O–H groups in total. The van der Waals surface area contributed by atoms with Crippen molar-refractivity contribution in [3.05, 3.63) is 17.0 Å². The fraction of sp³-hybridized carbons (Fsp3) is 0.636. The highest BCUT2D eigenvalue weighted by molar-refractivity contribution is 5.96. The highest BCUT2D eigenvalue weighted by Crippen LogP contribution is 2.18. The summed E-state index contributed by atoms with van der Waals surface area (Å²) in [6.07, 6.45) is 1.86. The quantitative estimate of drug-likeness (QED) is 0.694. The number of ketones is 1. The molecule has 0 aromatic carbocycles. The minimum absolute atomic E-state index is 0.0184. The van der Waals surface area contributed by atoms with Gasteiger partial charge in [-0.05, 0) is 13.3 Å². The molecule has 0 bridgehead atoms. The predicted molar refractivity (Wildman–Crippen MR) is 54.4 cm³/mol. The van der Waals surface area contributed by atoms with Gasteiger partial charge >= 0.3 is 0 Å². The standard InChI is InChI=1S/C11H17NO2/c1-5-6-9-8(4)14-12-10(9)11(13)7(2)3/h7H,5-6H2,1-4H3. The van der Waals surface area contributed by atoms with Gasteiger partial charge in [0, 0.05) is 11.5 Å². The second-order valence-electron chi connectivity index (χ2n) is 3.83. The number of carbonyl (C=O) groups excluding carboxylic acids is 1. The van der Waals surface area contributed by atoms with Crippen molar-refractivity contribution < 1.29 is 9.32 Å². The maximum Gasteiger partial charge on any atom is 0.187 e. The number of carbonyl (C=O) groups is 1. The van der Waals surface area contributed by atoms with Crippen LogP contribution in [0.4, 0.5) is 0 Å². The van der Waals surface area contributed by atoms with Gasteiger partial charge in [0.1, 0.15) is 5.76 Å². The Morgan fingerprint density at radius 3 is 2.64 bits per heavy atom.